The van der Waals surface area contributed by atoms with Crippen molar-refractivity contribution in [1.29, 1.82) is 0 Å². The number of ether oxygens (including phenoxy) is 4. The fourth-order valence-corrected chi connectivity index (χ4v) is 3.63. The number of nitrogens with two attached hydrogens (primary N) is 1. The second-order valence-electron chi connectivity index (χ2n) is 8.46. The summed E-state index contributed by atoms with van der Waals surface area (Å²) in [7, 11) is 3.18. The lowest BCUT2D eigenvalue weighted by molar-refractivity contribution is 0.0511. The van der Waals surface area contributed by atoms with Gasteiger partial charge in [0.2, 0.25) is 17.8 Å². The SMILES string of the molecule is C=CCNc1nc(NCc2cccc(OC)c2OC)nc(Nc2cccc(C(=O)NCCOCCOCCN)c2)n1. The third-order valence-electron chi connectivity index (χ3n) is 5.51. The molecule has 13 nitrogen and oxygen atoms in total. The quantitative estimate of drug-likeness (QED) is 0.106. The molecule has 2 aromatic carbocycles. The highest BCUT2D eigenvalue weighted by Crippen LogP contribution is 2.31. The number of para-hydroxylation sites is 1. The number of rotatable bonds is 19. The van der Waals surface area contributed by atoms with Crippen molar-refractivity contribution in [3.8, 4) is 11.5 Å². The van der Waals surface area contributed by atoms with Gasteiger partial charge in [-0.05, 0) is 24.3 Å². The molecule has 0 radical (unpaired) electrons. The Morgan fingerprint density at radius 2 is 1.66 bits per heavy atom. The number of methoxy groups -OCH3 is 2. The summed E-state index contributed by atoms with van der Waals surface area (Å²) in [6.07, 6.45) is 1.70. The van der Waals surface area contributed by atoms with Gasteiger partial charge in [0.1, 0.15) is 0 Å². The van der Waals surface area contributed by atoms with Crippen molar-refractivity contribution in [2.24, 2.45) is 5.73 Å². The van der Waals surface area contributed by atoms with E-state index in [-0.39, 0.29) is 11.9 Å². The minimum Gasteiger partial charge on any atom is -0.493 e. The maximum atomic E-state index is 12.6. The van der Waals surface area contributed by atoms with Gasteiger partial charge < -0.3 is 45.9 Å². The molecule has 0 fully saturated rings. The number of carbonyl (C=O) groups is 1. The number of anilines is 4. The molecule has 0 unspecified atom stereocenters. The van der Waals surface area contributed by atoms with Crippen molar-refractivity contribution in [2.75, 3.05) is 76.2 Å². The zero-order valence-electron chi connectivity index (χ0n) is 23.4. The van der Waals surface area contributed by atoms with Gasteiger partial charge in [-0.2, -0.15) is 15.0 Å². The average Bonchev–Trinajstić information content (AvgIpc) is 3.00. The third kappa shape index (κ3) is 10.2. The first-order valence-electron chi connectivity index (χ1n) is 13.1. The Kier molecular flexibility index (Phi) is 13.1. The summed E-state index contributed by atoms with van der Waals surface area (Å²) >= 11 is 0. The van der Waals surface area contributed by atoms with E-state index in [1.807, 2.05) is 24.3 Å². The molecule has 0 aliphatic carbocycles. The van der Waals surface area contributed by atoms with Crippen molar-refractivity contribution < 1.29 is 23.7 Å². The molecule has 3 rings (SSSR count). The van der Waals surface area contributed by atoms with Crippen LogP contribution in [-0.4, -0.2) is 81.1 Å². The van der Waals surface area contributed by atoms with E-state index in [1.54, 1.807) is 38.5 Å². The molecular formula is C28H38N8O5. The number of aromatic nitrogens is 3. The van der Waals surface area contributed by atoms with Crippen molar-refractivity contribution in [1.82, 2.24) is 20.3 Å². The molecule has 0 aliphatic rings. The lowest BCUT2D eigenvalue weighted by Gasteiger charge is -2.14. The Morgan fingerprint density at radius 1 is 0.927 bits per heavy atom. The molecule has 0 bridgehead atoms. The summed E-state index contributed by atoms with van der Waals surface area (Å²) in [5.74, 6) is 2.00. The molecule has 0 saturated heterocycles. The standard InChI is InChI=1S/C28H38N8O5/c1-4-12-31-26-34-27(32-19-21-8-6-10-23(38-2)24(21)39-3)36-28(35-26)33-22-9-5-7-20(18-22)25(37)30-13-15-41-17-16-40-14-11-29/h4-10,18H,1,11-17,19,29H2,2-3H3,(H,30,37)(H3,31,32,33,34,35,36). The van der Waals surface area contributed by atoms with Crippen LogP contribution in [0.4, 0.5) is 23.5 Å². The summed E-state index contributed by atoms with van der Waals surface area (Å²) in [6.45, 7) is 7.19. The molecule has 0 atom stereocenters. The van der Waals surface area contributed by atoms with Crippen molar-refractivity contribution >= 4 is 29.4 Å². The van der Waals surface area contributed by atoms with E-state index in [4.69, 9.17) is 24.7 Å². The van der Waals surface area contributed by atoms with E-state index < -0.39 is 0 Å². The second kappa shape index (κ2) is 17.3. The molecule has 41 heavy (non-hydrogen) atoms. The molecule has 0 spiro atoms. The van der Waals surface area contributed by atoms with Crippen LogP contribution in [0.3, 0.4) is 0 Å². The number of nitrogens with one attached hydrogen (secondary N) is 4. The molecule has 0 aliphatic heterocycles. The first-order chi connectivity index (χ1) is 20.1. The summed E-state index contributed by atoms with van der Waals surface area (Å²) in [6, 6.07) is 12.7. The van der Waals surface area contributed by atoms with Crippen LogP contribution in [0.2, 0.25) is 0 Å². The van der Waals surface area contributed by atoms with Gasteiger partial charge in [0.25, 0.3) is 5.91 Å². The van der Waals surface area contributed by atoms with E-state index in [0.717, 1.165) is 5.56 Å². The van der Waals surface area contributed by atoms with Crippen LogP contribution < -0.4 is 36.5 Å². The molecular weight excluding hydrogens is 528 g/mol. The monoisotopic (exact) mass is 566 g/mol. The maximum Gasteiger partial charge on any atom is 0.251 e. The Morgan fingerprint density at radius 3 is 2.39 bits per heavy atom. The van der Waals surface area contributed by atoms with E-state index in [9.17, 15) is 4.79 Å². The first kappa shape index (κ1) is 31.1. The van der Waals surface area contributed by atoms with Crippen LogP contribution in [0.5, 0.6) is 11.5 Å². The molecule has 220 valence electrons. The summed E-state index contributed by atoms with van der Waals surface area (Å²) in [5.41, 5.74) is 7.34. The van der Waals surface area contributed by atoms with E-state index in [2.05, 4.69) is 42.8 Å². The number of carbonyl (C=O) groups excluding carboxylic acids is 1. The lowest BCUT2D eigenvalue weighted by Crippen LogP contribution is -2.27. The minimum absolute atomic E-state index is 0.227. The highest BCUT2D eigenvalue weighted by Gasteiger charge is 2.12. The lowest BCUT2D eigenvalue weighted by atomic mass is 10.2. The van der Waals surface area contributed by atoms with Crippen LogP contribution >= 0.6 is 0 Å². The number of nitrogens with zero attached hydrogens (tertiary/aromatic N) is 3. The highest BCUT2D eigenvalue weighted by molar-refractivity contribution is 5.95. The van der Waals surface area contributed by atoms with Crippen molar-refractivity contribution in [3.63, 3.8) is 0 Å². The van der Waals surface area contributed by atoms with Gasteiger partial charge in [0.15, 0.2) is 11.5 Å². The molecule has 1 amide bonds. The minimum atomic E-state index is -0.227. The predicted molar refractivity (Wildman–Crippen MR) is 158 cm³/mol. The van der Waals surface area contributed by atoms with Crippen LogP contribution in [-0.2, 0) is 16.0 Å². The molecule has 1 heterocycles. The number of hydrogen-bond donors (Lipinski definition) is 5. The summed E-state index contributed by atoms with van der Waals surface area (Å²) < 4.78 is 21.6. The van der Waals surface area contributed by atoms with Gasteiger partial charge in [-0.3, -0.25) is 4.79 Å². The van der Waals surface area contributed by atoms with E-state index >= 15 is 0 Å². The third-order valence-corrected chi connectivity index (χ3v) is 5.51. The van der Waals surface area contributed by atoms with Gasteiger partial charge in [-0.1, -0.05) is 24.3 Å². The largest absolute Gasteiger partial charge is 0.493 e. The zero-order chi connectivity index (χ0) is 29.3. The molecule has 1 aromatic heterocycles. The Bertz CT molecular complexity index is 1260. The first-order valence-corrected chi connectivity index (χ1v) is 13.1. The van der Waals surface area contributed by atoms with Gasteiger partial charge in [-0.15, -0.1) is 6.58 Å². The topological polar surface area (TPSA) is 167 Å². The van der Waals surface area contributed by atoms with Crippen molar-refractivity contribution in [3.05, 3.63) is 66.2 Å². The number of hydrogen-bond acceptors (Lipinski definition) is 12. The predicted octanol–water partition coefficient (Wildman–Crippen LogP) is 2.56. The van der Waals surface area contributed by atoms with Gasteiger partial charge >= 0.3 is 0 Å². The number of amides is 1. The van der Waals surface area contributed by atoms with E-state index in [0.29, 0.717) is 87.3 Å². The molecule has 0 saturated carbocycles. The fourth-order valence-electron chi connectivity index (χ4n) is 3.63. The molecule has 6 N–H and O–H groups in total. The van der Waals surface area contributed by atoms with Crippen LogP contribution in [0, 0.1) is 0 Å². The smallest absolute Gasteiger partial charge is 0.251 e. The number of benzene rings is 2. The van der Waals surface area contributed by atoms with Gasteiger partial charge in [0.05, 0.1) is 40.6 Å². The Labute approximate surface area is 239 Å². The fraction of sp³-hybridized carbons (Fsp3) is 0.357. The van der Waals surface area contributed by atoms with Gasteiger partial charge in [0, 0.05) is 43.0 Å². The molecule has 13 heteroatoms. The van der Waals surface area contributed by atoms with Crippen LogP contribution in [0.15, 0.2) is 55.1 Å². The van der Waals surface area contributed by atoms with Crippen molar-refractivity contribution in [2.45, 2.75) is 6.54 Å². The molecule has 3 aromatic rings. The van der Waals surface area contributed by atoms with Crippen LogP contribution in [0.1, 0.15) is 15.9 Å². The highest BCUT2D eigenvalue weighted by atomic mass is 16.5. The Hall–Kier alpha value is -4.46. The Balaban J connectivity index is 1.65. The summed E-state index contributed by atoms with van der Waals surface area (Å²) in [5, 5.41) is 12.3. The van der Waals surface area contributed by atoms with E-state index in [1.165, 1.54) is 0 Å². The average molecular weight is 567 g/mol. The normalized spacial score (nSPS) is 10.5. The summed E-state index contributed by atoms with van der Waals surface area (Å²) in [4.78, 5) is 26.0. The van der Waals surface area contributed by atoms with Gasteiger partial charge in [-0.25, -0.2) is 0 Å². The maximum absolute atomic E-state index is 12.6. The zero-order valence-corrected chi connectivity index (χ0v) is 23.4. The van der Waals surface area contributed by atoms with Crippen LogP contribution in [0.25, 0.3) is 0 Å². The second-order valence-corrected chi connectivity index (χ2v) is 8.46.